The zero-order valence-electron chi connectivity index (χ0n) is 3.89. The lowest BCUT2D eigenvalue weighted by molar-refractivity contribution is 0.752. The first-order valence-corrected chi connectivity index (χ1v) is 2.27. The Morgan fingerprint density at radius 1 is 1.71 bits per heavy atom. The highest BCUT2D eigenvalue weighted by atomic mass is 19.1. The number of hydrogen-bond donors (Lipinski definition) is 0. The van der Waals surface area contributed by atoms with Crippen LogP contribution >= 0.6 is 0 Å². The second kappa shape index (κ2) is 1.87. The van der Waals surface area contributed by atoms with Gasteiger partial charge in [-0.25, -0.2) is 4.99 Å². The Morgan fingerprint density at radius 2 is 2.57 bits per heavy atom. The molecule has 0 N–H and O–H groups in total. The zero-order valence-corrected chi connectivity index (χ0v) is 3.89. The number of nitrogens with zero attached hydrogens (tertiary/aromatic N) is 1. The second-order valence-corrected chi connectivity index (χ2v) is 1.43. The highest BCUT2D eigenvalue weighted by Gasteiger charge is 1.95. The Labute approximate surface area is 41.6 Å². The molecule has 0 radical (unpaired) electrons. The predicted molar refractivity (Wildman–Crippen MR) is 26.9 cm³/mol. The van der Waals surface area contributed by atoms with Crippen LogP contribution in [0.4, 0.5) is 4.39 Å². The molecule has 0 aromatic carbocycles. The van der Waals surface area contributed by atoms with Crippen LogP contribution in [0.25, 0.3) is 0 Å². The van der Waals surface area contributed by atoms with Gasteiger partial charge in [0, 0.05) is 12.6 Å². The molecule has 0 unspecified atom stereocenters. The van der Waals surface area contributed by atoms with Crippen LogP contribution in [0, 0.1) is 0 Å². The van der Waals surface area contributed by atoms with E-state index in [1.54, 1.807) is 0 Å². The van der Waals surface area contributed by atoms with Gasteiger partial charge in [0.2, 0.25) is 0 Å². The summed E-state index contributed by atoms with van der Waals surface area (Å²) < 4.78 is 11.9. The van der Waals surface area contributed by atoms with Crippen molar-refractivity contribution >= 4 is 5.97 Å². The normalized spacial score (nSPS) is 19.3. The molecule has 1 heterocycles. The Kier molecular flexibility index (Phi) is 1.20. The molecule has 0 aromatic heterocycles. The van der Waals surface area contributed by atoms with Crippen molar-refractivity contribution in [3.63, 3.8) is 0 Å². The van der Waals surface area contributed by atoms with Crippen LogP contribution in [-0.2, 0) is 0 Å². The average Bonchev–Trinajstić information content (AvgIpc) is 1.69. The van der Waals surface area contributed by atoms with Gasteiger partial charge in [0.1, 0.15) is 0 Å². The van der Waals surface area contributed by atoms with Crippen LogP contribution in [0.15, 0.2) is 17.3 Å². The molecule has 0 aromatic rings. The summed E-state index contributed by atoms with van der Waals surface area (Å²) in [5.41, 5.74) is 0. The summed E-state index contributed by atoms with van der Waals surface area (Å²) in [6.07, 6.45) is 4.63. The highest BCUT2D eigenvalue weighted by Crippen LogP contribution is 2.01. The summed E-state index contributed by atoms with van der Waals surface area (Å²) in [5, 5.41) is 0. The van der Waals surface area contributed by atoms with E-state index in [9.17, 15) is 4.39 Å². The molecule has 1 aliphatic rings. The van der Waals surface area contributed by atoms with Gasteiger partial charge in [-0.2, -0.15) is 4.39 Å². The van der Waals surface area contributed by atoms with E-state index in [4.69, 9.17) is 0 Å². The predicted octanol–water partition coefficient (Wildman–Crippen LogP) is 1.66. The van der Waals surface area contributed by atoms with E-state index in [0.717, 1.165) is 6.42 Å². The van der Waals surface area contributed by atoms with Crippen LogP contribution in [0.1, 0.15) is 12.8 Å². The van der Waals surface area contributed by atoms with Crippen LogP contribution in [0.5, 0.6) is 0 Å². The molecule has 0 fully saturated rings. The van der Waals surface area contributed by atoms with E-state index in [1.807, 2.05) is 6.08 Å². The Hall–Kier alpha value is -0.660. The molecule has 0 bridgehead atoms. The lowest BCUT2D eigenvalue weighted by Crippen LogP contribution is -1.89. The van der Waals surface area contributed by atoms with Gasteiger partial charge in [-0.15, -0.1) is 0 Å². The number of hydrogen-bond acceptors (Lipinski definition) is 1. The molecule has 38 valence electrons. The molecular weight excluding hydrogens is 93.1 g/mol. The largest absolute Gasteiger partial charge is 0.232 e. The first kappa shape index (κ1) is 4.50. The van der Waals surface area contributed by atoms with Crippen LogP contribution in [0.2, 0.25) is 0 Å². The van der Waals surface area contributed by atoms with Crippen molar-refractivity contribution in [2.45, 2.75) is 12.8 Å². The molecule has 0 atom stereocenters. The van der Waals surface area contributed by atoms with Crippen molar-refractivity contribution in [3.05, 3.63) is 12.3 Å². The van der Waals surface area contributed by atoms with E-state index in [1.165, 1.54) is 6.20 Å². The van der Waals surface area contributed by atoms with Crippen LogP contribution < -0.4 is 0 Å². The molecule has 2 heteroatoms. The van der Waals surface area contributed by atoms with E-state index >= 15 is 0 Å². The number of halogens is 1. The SMILES string of the molecule is FC1=NC=CCC1. The Balaban J connectivity index is 2.57. The monoisotopic (exact) mass is 99.0 g/mol. The van der Waals surface area contributed by atoms with Gasteiger partial charge in [-0.05, 0) is 6.42 Å². The Bertz CT molecular complexity index is 115. The molecule has 0 spiro atoms. The van der Waals surface area contributed by atoms with Crippen molar-refractivity contribution < 1.29 is 4.39 Å². The minimum Gasteiger partial charge on any atom is -0.232 e. The fraction of sp³-hybridized carbons (Fsp3) is 0.400. The molecule has 0 saturated carbocycles. The maximum Gasteiger partial charge on any atom is 0.189 e. The molecule has 0 saturated heterocycles. The third-order valence-electron chi connectivity index (χ3n) is 0.837. The summed E-state index contributed by atoms with van der Waals surface area (Å²) in [4.78, 5) is 3.40. The minimum absolute atomic E-state index is 0.248. The lowest BCUT2D eigenvalue weighted by atomic mass is 10.3. The second-order valence-electron chi connectivity index (χ2n) is 1.43. The fourth-order valence-corrected chi connectivity index (χ4v) is 0.475. The van der Waals surface area contributed by atoms with E-state index in [2.05, 4.69) is 4.99 Å². The van der Waals surface area contributed by atoms with Gasteiger partial charge in [0.15, 0.2) is 5.97 Å². The number of allylic oxidation sites excluding steroid dienone is 1. The smallest absolute Gasteiger partial charge is 0.189 e. The quantitative estimate of drug-likeness (QED) is 0.438. The molecule has 1 nitrogen and oxygen atoms in total. The maximum absolute atomic E-state index is 11.9. The number of aliphatic imine (C=N–C) groups is 1. The third-order valence-corrected chi connectivity index (χ3v) is 0.837. The minimum atomic E-state index is -0.248. The zero-order chi connectivity index (χ0) is 5.11. The van der Waals surface area contributed by atoms with Gasteiger partial charge in [0.05, 0.1) is 0 Å². The van der Waals surface area contributed by atoms with Crippen molar-refractivity contribution in [3.8, 4) is 0 Å². The number of rotatable bonds is 0. The molecule has 7 heavy (non-hydrogen) atoms. The summed E-state index contributed by atoms with van der Waals surface area (Å²) in [6, 6.07) is 0. The van der Waals surface area contributed by atoms with Crippen LogP contribution in [-0.4, -0.2) is 5.97 Å². The van der Waals surface area contributed by atoms with Crippen molar-refractivity contribution in [2.24, 2.45) is 4.99 Å². The summed E-state index contributed by atoms with van der Waals surface area (Å²) >= 11 is 0. The van der Waals surface area contributed by atoms with Gasteiger partial charge >= 0.3 is 0 Å². The summed E-state index contributed by atoms with van der Waals surface area (Å²) in [5.74, 6) is -0.248. The Morgan fingerprint density at radius 3 is 2.86 bits per heavy atom. The standard InChI is InChI=1S/C5H6FN/c6-5-3-1-2-4-7-5/h2,4H,1,3H2. The molecule has 1 aliphatic heterocycles. The van der Waals surface area contributed by atoms with E-state index in [0.29, 0.717) is 6.42 Å². The average molecular weight is 99.1 g/mol. The van der Waals surface area contributed by atoms with Crippen LogP contribution in [0.3, 0.4) is 0 Å². The van der Waals surface area contributed by atoms with Gasteiger partial charge in [-0.3, -0.25) is 0 Å². The van der Waals surface area contributed by atoms with Gasteiger partial charge in [0.25, 0.3) is 0 Å². The first-order chi connectivity index (χ1) is 3.39. The molecule has 0 amide bonds. The van der Waals surface area contributed by atoms with E-state index < -0.39 is 0 Å². The van der Waals surface area contributed by atoms with Crippen molar-refractivity contribution in [1.82, 2.24) is 0 Å². The van der Waals surface area contributed by atoms with Crippen molar-refractivity contribution in [2.75, 3.05) is 0 Å². The summed E-state index contributed by atoms with van der Waals surface area (Å²) in [6.45, 7) is 0. The third kappa shape index (κ3) is 1.11. The van der Waals surface area contributed by atoms with Crippen molar-refractivity contribution in [1.29, 1.82) is 0 Å². The molecule has 1 rings (SSSR count). The first-order valence-electron chi connectivity index (χ1n) is 2.27. The van der Waals surface area contributed by atoms with E-state index in [-0.39, 0.29) is 5.97 Å². The molecular formula is C5H6FN. The fourth-order valence-electron chi connectivity index (χ4n) is 0.475. The summed E-state index contributed by atoms with van der Waals surface area (Å²) in [7, 11) is 0. The highest BCUT2D eigenvalue weighted by molar-refractivity contribution is 5.76. The lowest BCUT2D eigenvalue weighted by Gasteiger charge is -1.93. The topological polar surface area (TPSA) is 12.4 Å². The van der Waals surface area contributed by atoms with Gasteiger partial charge < -0.3 is 0 Å². The van der Waals surface area contributed by atoms with Gasteiger partial charge in [-0.1, -0.05) is 6.08 Å². The molecule has 0 aliphatic carbocycles. The maximum atomic E-state index is 11.9.